The smallest absolute Gasteiger partial charge is 0.138 e. The van der Waals surface area contributed by atoms with Gasteiger partial charge in [-0.3, -0.25) is 0 Å². The van der Waals surface area contributed by atoms with E-state index in [-0.39, 0.29) is 23.0 Å². The lowest BCUT2D eigenvalue weighted by atomic mass is 10.0. The number of benzene rings is 1. The third kappa shape index (κ3) is 3.35. The SMILES string of the molecule is Cc1ccn2c(C[C@H]3CNCCO3)c(-c3c(F)cc(-n4cncn4)cc3F)nc2c1. The Morgan fingerprint density at radius 2 is 2.07 bits per heavy atom. The van der Waals surface area contributed by atoms with Crippen molar-refractivity contribution in [2.45, 2.75) is 19.4 Å². The van der Waals surface area contributed by atoms with Gasteiger partial charge in [-0.15, -0.1) is 0 Å². The number of morpholine rings is 1. The first-order valence-electron chi connectivity index (χ1n) is 9.74. The molecule has 0 spiro atoms. The molecule has 0 unspecified atom stereocenters. The molecule has 0 aliphatic carbocycles. The highest BCUT2D eigenvalue weighted by molar-refractivity contribution is 5.69. The number of nitrogens with zero attached hydrogens (tertiary/aromatic N) is 5. The summed E-state index contributed by atoms with van der Waals surface area (Å²) in [6, 6.07) is 6.32. The summed E-state index contributed by atoms with van der Waals surface area (Å²) in [5, 5.41) is 7.23. The number of rotatable bonds is 4. The van der Waals surface area contributed by atoms with Crippen LogP contribution in [0.3, 0.4) is 0 Å². The Hall–Kier alpha value is -3.17. The van der Waals surface area contributed by atoms with Gasteiger partial charge in [0, 0.05) is 37.8 Å². The van der Waals surface area contributed by atoms with Crippen molar-refractivity contribution in [3.05, 3.63) is 66.0 Å². The molecule has 3 aromatic heterocycles. The zero-order valence-electron chi connectivity index (χ0n) is 16.3. The second kappa shape index (κ2) is 7.58. The fourth-order valence-corrected chi connectivity index (χ4v) is 3.82. The van der Waals surface area contributed by atoms with E-state index in [1.54, 1.807) is 0 Å². The van der Waals surface area contributed by atoms with Gasteiger partial charge in [0.1, 0.15) is 29.9 Å². The Kier molecular flexibility index (Phi) is 4.76. The van der Waals surface area contributed by atoms with Gasteiger partial charge in [-0.05, 0) is 24.6 Å². The summed E-state index contributed by atoms with van der Waals surface area (Å²) in [5.74, 6) is -1.41. The Bertz CT molecular complexity index is 1170. The van der Waals surface area contributed by atoms with Gasteiger partial charge in [-0.25, -0.2) is 23.4 Å². The van der Waals surface area contributed by atoms with Crippen LogP contribution in [0.4, 0.5) is 8.78 Å². The van der Waals surface area contributed by atoms with E-state index in [1.807, 2.05) is 29.7 Å². The maximum atomic E-state index is 15.2. The highest BCUT2D eigenvalue weighted by Gasteiger charge is 2.25. The molecule has 1 aliphatic rings. The van der Waals surface area contributed by atoms with E-state index in [4.69, 9.17) is 4.74 Å². The summed E-state index contributed by atoms with van der Waals surface area (Å²) in [6.07, 6.45) is 4.97. The molecule has 1 fully saturated rings. The fraction of sp³-hybridized carbons (Fsp3) is 0.286. The van der Waals surface area contributed by atoms with Crippen LogP contribution in [0.1, 0.15) is 11.3 Å². The molecule has 4 heterocycles. The first-order chi connectivity index (χ1) is 14.6. The fourth-order valence-electron chi connectivity index (χ4n) is 3.82. The number of ether oxygens (including phenoxy) is 1. The number of aryl methyl sites for hydroxylation is 1. The quantitative estimate of drug-likeness (QED) is 0.560. The number of aromatic nitrogens is 5. The predicted octanol–water partition coefficient (Wildman–Crippen LogP) is 2.70. The van der Waals surface area contributed by atoms with Gasteiger partial charge < -0.3 is 14.5 Å². The Morgan fingerprint density at radius 3 is 2.77 bits per heavy atom. The van der Waals surface area contributed by atoms with Gasteiger partial charge in [0.15, 0.2) is 0 Å². The molecule has 0 amide bonds. The Morgan fingerprint density at radius 1 is 1.23 bits per heavy atom. The highest BCUT2D eigenvalue weighted by atomic mass is 19.1. The summed E-state index contributed by atoms with van der Waals surface area (Å²) in [4.78, 5) is 8.42. The van der Waals surface area contributed by atoms with Gasteiger partial charge in [-0.2, -0.15) is 5.10 Å². The summed E-state index contributed by atoms with van der Waals surface area (Å²) >= 11 is 0. The molecular weight excluding hydrogens is 390 g/mol. The molecule has 0 bridgehead atoms. The van der Waals surface area contributed by atoms with Gasteiger partial charge >= 0.3 is 0 Å². The molecule has 1 N–H and O–H groups in total. The van der Waals surface area contributed by atoms with Crippen LogP contribution in [-0.4, -0.2) is 49.9 Å². The van der Waals surface area contributed by atoms with Crippen LogP contribution in [0.15, 0.2) is 43.1 Å². The van der Waals surface area contributed by atoms with Gasteiger partial charge in [0.25, 0.3) is 0 Å². The molecule has 0 radical (unpaired) electrons. The third-order valence-corrected chi connectivity index (χ3v) is 5.25. The highest BCUT2D eigenvalue weighted by Crippen LogP contribution is 2.32. The summed E-state index contributed by atoms with van der Waals surface area (Å²) in [7, 11) is 0. The van der Waals surface area contributed by atoms with Crippen molar-refractivity contribution in [1.82, 2.24) is 29.5 Å². The monoisotopic (exact) mass is 410 g/mol. The molecule has 4 aromatic rings. The number of nitrogens with one attached hydrogen (secondary N) is 1. The lowest BCUT2D eigenvalue weighted by molar-refractivity contribution is 0.0286. The average molecular weight is 410 g/mol. The number of hydrogen-bond donors (Lipinski definition) is 1. The minimum absolute atomic E-state index is 0.0979. The molecule has 1 atom stereocenters. The Balaban J connectivity index is 1.65. The number of fused-ring (bicyclic) bond motifs is 1. The van der Waals surface area contributed by atoms with Crippen molar-refractivity contribution in [2.75, 3.05) is 19.7 Å². The lowest BCUT2D eigenvalue weighted by Crippen LogP contribution is -2.39. The van der Waals surface area contributed by atoms with Crippen LogP contribution in [0.25, 0.3) is 22.6 Å². The zero-order chi connectivity index (χ0) is 20.7. The number of hydrogen-bond acceptors (Lipinski definition) is 5. The van der Waals surface area contributed by atoms with Crippen LogP contribution in [-0.2, 0) is 11.2 Å². The van der Waals surface area contributed by atoms with Gasteiger partial charge in [-0.1, -0.05) is 0 Å². The summed E-state index contributed by atoms with van der Waals surface area (Å²) < 4.78 is 39.3. The summed E-state index contributed by atoms with van der Waals surface area (Å²) in [6.45, 7) is 4.03. The number of pyridine rings is 1. The lowest BCUT2D eigenvalue weighted by Gasteiger charge is -2.24. The van der Waals surface area contributed by atoms with Gasteiger partial charge in [0.2, 0.25) is 0 Å². The molecule has 1 aliphatic heterocycles. The van der Waals surface area contributed by atoms with E-state index in [2.05, 4.69) is 20.4 Å². The van der Waals surface area contributed by atoms with Crippen molar-refractivity contribution in [1.29, 1.82) is 0 Å². The molecule has 5 rings (SSSR count). The molecule has 0 saturated carbocycles. The maximum absolute atomic E-state index is 15.2. The normalized spacial score (nSPS) is 17.0. The largest absolute Gasteiger partial charge is 0.375 e. The average Bonchev–Trinajstić information content (AvgIpc) is 3.37. The van der Waals surface area contributed by atoms with E-state index >= 15 is 8.78 Å². The first kappa shape index (κ1) is 18.8. The third-order valence-electron chi connectivity index (χ3n) is 5.25. The molecule has 1 saturated heterocycles. The van der Waals surface area contributed by atoms with Gasteiger partial charge in [0.05, 0.1) is 35.3 Å². The van der Waals surface area contributed by atoms with E-state index in [9.17, 15) is 0 Å². The molecule has 1 aromatic carbocycles. The van der Waals surface area contributed by atoms with Crippen molar-refractivity contribution in [3.8, 4) is 16.9 Å². The molecular formula is C21H20F2N6O. The van der Waals surface area contributed by atoms with Crippen LogP contribution in [0.5, 0.6) is 0 Å². The predicted molar refractivity (Wildman–Crippen MR) is 107 cm³/mol. The molecule has 9 heteroatoms. The number of halogens is 2. The van der Waals surface area contributed by atoms with E-state index < -0.39 is 11.6 Å². The molecule has 30 heavy (non-hydrogen) atoms. The van der Waals surface area contributed by atoms with Crippen molar-refractivity contribution >= 4 is 5.65 Å². The maximum Gasteiger partial charge on any atom is 0.138 e. The topological polar surface area (TPSA) is 69.3 Å². The van der Waals surface area contributed by atoms with E-state index in [0.717, 1.165) is 12.1 Å². The van der Waals surface area contributed by atoms with Crippen molar-refractivity contribution in [2.24, 2.45) is 0 Å². The Labute approximate surface area is 171 Å². The van der Waals surface area contributed by atoms with Crippen LogP contribution in [0.2, 0.25) is 0 Å². The van der Waals surface area contributed by atoms with Crippen molar-refractivity contribution < 1.29 is 13.5 Å². The molecule has 7 nitrogen and oxygen atoms in total. The standard InChI is InChI=1S/C21H20F2N6O/c1-13-2-4-28-18(9-15-10-24-3-5-30-15)21(27-19(28)6-13)20-16(22)7-14(8-17(20)23)29-12-25-11-26-29/h2,4,6-8,11-12,15,24H,3,5,9-10H2,1H3/t15-/m0/s1. The van der Waals surface area contributed by atoms with E-state index in [0.29, 0.717) is 30.9 Å². The minimum atomic E-state index is -0.704. The minimum Gasteiger partial charge on any atom is -0.375 e. The second-order valence-electron chi connectivity index (χ2n) is 7.36. The summed E-state index contributed by atoms with van der Waals surface area (Å²) in [5.41, 5.74) is 2.76. The van der Waals surface area contributed by atoms with E-state index in [1.165, 1.54) is 29.5 Å². The van der Waals surface area contributed by atoms with Crippen LogP contribution >= 0.6 is 0 Å². The van der Waals surface area contributed by atoms with Crippen molar-refractivity contribution in [3.63, 3.8) is 0 Å². The van der Waals surface area contributed by atoms with Crippen LogP contribution in [0, 0.1) is 18.6 Å². The first-order valence-corrected chi connectivity index (χ1v) is 9.74. The molecule has 154 valence electrons. The van der Waals surface area contributed by atoms with Crippen LogP contribution < -0.4 is 5.32 Å². The number of imidazole rings is 1. The second-order valence-corrected chi connectivity index (χ2v) is 7.36. The zero-order valence-corrected chi connectivity index (χ0v) is 16.3.